The molecule has 2 saturated heterocycles. The fraction of sp³-hybridized carbons (Fsp3) is 0.640. The maximum atomic E-state index is 13.6. The largest absolute Gasteiger partial charge is 0.417 e. The van der Waals surface area contributed by atoms with Gasteiger partial charge in [-0.1, -0.05) is 20.8 Å². The van der Waals surface area contributed by atoms with Crippen LogP contribution in [0.1, 0.15) is 44.7 Å². The molecule has 3 rings (SSSR count). The van der Waals surface area contributed by atoms with Crippen molar-refractivity contribution in [2.75, 3.05) is 51.3 Å². The van der Waals surface area contributed by atoms with Crippen molar-refractivity contribution in [2.24, 2.45) is 16.7 Å². The lowest BCUT2D eigenvalue weighted by atomic mass is 9.70. The zero-order chi connectivity index (χ0) is 26.0. The average molecular weight is 495 g/mol. The third-order valence-electron chi connectivity index (χ3n) is 7.05. The van der Waals surface area contributed by atoms with Gasteiger partial charge in [0.15, 0.2) is 0 Å². The Balaban J connectivity index is 1.88. The number of amides is 2. The monoisotopic (exact) mass is 494 g/mol. The number of anilines is 1. The minimum Gasteiger partial charge on any atom is -0.383 e. The number of alkyl halides is 3. The predicted molar refractivity (Wildman–Crippen MR) is 124 cm³/mol. The molecule has 35 heavy (non-hydrogen) atoms. The Morgan fingerprint density at radius 2 is 1.89 bits per heavy atom. The average Bonchev–Trinajstić information content (AvgIpc) is 3.16. The van der Waals surface area contributed by atoms with Crippen molar-refractivity contribution in [1.29, 1.82) is 5.26 Å². The van der Waals surface area contributed by atoms with Gasteiger partial charge in [0, 0.05) is 56.4 Å². The summed E-state index contributed by atoms with van der Waals surface area (Å²) in [6, 6.07) is 5.29. The van der Waals surface area contributed by atoms with E-state index in [2.05, 4.69) is 5.32 Å². The van der Waals surface area contributed by atoms with Crippen molar-refractivity contribution in [1.82, 2.24) is 10.2 Å². The van der Waals surface area contributed by atoms with Gasteiger partial charge < -0.3 is 19.9 Å². The summed E-state index contributed by atoms with van der Waals surface area (Å²) < 4.78 is 45.7. The quantitative estimate of drug-likeness (QED) is 0.634. The highest BCUT2D eigenvalue weighted by molar-refractivity contribution is 5.83. The van der Waals surface area contributed by atoms with Crippen molar-refractivity contribution in [3.05, 3.63) is 29.3 Å². The molecule has 1 aromatic rings. The van der Waals surface area contributed by atoms with E-state index in [1.165, 1.54) is 19.2 Å². The first kappa shape index (κ1) is 26.8. The zero-order valence-corrected chi connectivity index (χ0v) is 20.7. The van der Waals surface area contributed by atoms with Crippen molar-refractivity contribution in [2.45, 2.75) is 39.8 Å². The molecule has 0 saturated carbocycles. The Hall–Kier alpha value is -2.80. The molecule has 10 heteroatoms. The molecule has 2 aliphatic rings. The lowest BCUT2D eigenvalue weighted by Gasteiger charge is -2.43. The summed E-state index contributed by atoms with van der Waals surface area (Å²) >= 11 is 0. The standard InChI is InChI=1S/C25H33F3N4O3/c1-23(2,3)22(34)31-10-7-24(8-11-31)16-32(15-20(24)21(33)30-9-12-35-4)18-6-5-17(14-29)19(13-18)25(26,27)28/h5-6,13,20H,7-12,15-16H2,1-4H3,(H,30,33). The van der Waals surface area contributed by atoms with Crippen molar-refractivity contribution in [3.63, 3.8) is 0 Å². The van der Waals surface area contributed by atoms with Crippen LogP contribution in [0.15, 0.2) is 18.2 Å². The number of carbonyl (C=O) groups excluding carboxylic acids is 2. The molecule has 192 valence electrons. The summed E-state index contributed by atoms with van der Waals surface area (Å²) in [5, 5.41) is 12.0. The highest BCUT2D eigenvalue weighted by Gasteiger charge is 2.52. The number of benzene rings is 1. The van der Waals surface area contributed by atoms with E-state index in [1.807, 2.05) is 25.7 Å². The van der Waals surface area contributed by atoms with Crippen LogP contribution in [0.25, 0.3) is 0 Å². The van der Waals surface area contributed by atoms with Gasteiger partial charge in [-0.25, -0.2) is 0 Å². The van der Waals surface area contributed by atoms with Gasteiger partial charge in [-0.2, -0.15) is 18.4 Å². The van der Waals surface area contributed by atoms with Crippen LogP contribution in [0, 0.1) is 28.1 Å². The first-order chi connectivity index (χ1) is 16.3. The van der Waals surface area contributed by atoms with Crippen LogP contribution in [0.4, 0.5) is 18.9 Å². The molecule has 0 bridgehead atoms. The first-order valence-electron chi connectivity index (χ1n) is 11.7. The smallest absolute Gasteiger partial charge is 0.383 e. The van der Waals surface area contributed by atoms with E-state index in [9.17, 15) is 22.8 Å². The van der Waals surface area contributed by atoms with Crippen LogP contribution in [0.3, 0.4) is 0 Å². The molecular formula is C25H33F3N4O3. The molecule has 2 heterocycles. The molecule has 0 radical (unpaired) electrons. The molecule has 7 nitrogen and oxygen atoms in total. The minimum atomic E-state index is -4.66. The van der Waals surface area contributed by atoms with Gasteiger partial charge in [0.2, 0.25) is 11.8 Å². The second-order valence-corrected chi connectivity index (χ2v) is 10.5. The summed E-state index contributed by atoms with van der Waals surface area (Å²) in [5.74, 6) is -0.564. The lowest BCUT2D eigenvalue weighted by molar-refractivity contribution is -0.142. The summed E-state index contributed by atoms with van der Waals surface area (Å²) in [6.07, 6.45) is -3.50. The van der Waals surface area contributed by atoms with Crippen LogP contribution in [0.5, 0.6) is 0 Å². The maximum absolute atomic E-state index is 13.6. The number of nitriles is 1. The number of ether oxygens (including phenoxy) is 1. The van der Waals surface area contributed by atoms with E-state index in [4.69, 9.17) is 10.00 Å². The number of piperidine rings is 1. The highest BCUT2D eigenvalue weighted by Crippen LogP contribution is 2.47. The molecule has 1 N–H and O–H groups in total. The lowest BCUT2D eigenvalue weighted by Crippen LogP contribution is -2.51. The minimum absolute atomic E-state index is 0.0465. The number of nitrogens with zero attached hydrogens (tertiary/aromatic N) is 3. The van der Waals surface area contributed by atoms with Gasteiger partial charge in [-0.05, 0) is 31.0 Å². The van der Waals surface area contributed by atoms with Gasteiger partial charge in [0.25, 0.3) is 0 Å². The van der Waals surface area contributed by atoms with E-state index in [0.29, 0.717) is 51.3 Å². The maximum Gasteiger partial charge on any atom is 0.417 e. The zero-order valence-electron chi connectivity index (χ0n) is 20.7. The molecule has 0 aliphatic carbocycles. The Kier molecular flexibility index (Phi) is 7.70. The van der Waals surface area contributed by atoms with Crippen molar-refractivity contribution < 1.29 is 27.5 Å². The van der Waals surface area contributed by atoms with Gasteiger partial charge >= 0.3 is 6.18 Å². The van der Waals surface area contributed by atoms with Crippen LogP contribution in [-0.2, 0) is 20.5 Å². The van der Waals surface area contributed by atoms with Crippen molar-refractivity contribution >= 4 is 17.5 Å². The second-order valence-electron chi connectivity index (χ2n) is 10.5. The number of carbonyl (C=O) groups is 2. The highest BCUT2D eigenvalue weighted by atomic mass is 19.4. The third-order valence-corrected chi connectivity index (χ3v) is 7.05. The SMILES string of the molecule is COCCNC(=O)C1CN(c2ccc(C#N)c(C(F)(F)F)c2)CC12CCN(C(=O)C(C)(C)C)CC2. The second kappa shape index (κ2) is 10.1. The van der Waals surface area contributed by atoms with E-state index in [0.717, 1.165) is 6.07 Å². The van der Waals surface area contributed by atoms with Gasteiger partial charge in [-0.15, -0.1) is 0 Å². The number of nitrogens with one attached hydrogen (secondary N) is 1. The van der Waals surface area contributed by atoms with Crippen molar-refractivity contribution in [3.8, 4) is 6.07 Å². The molecule has 1 spiro atoms. The molecule has 1 unspecified atom stereocenters. The van der Waals surface area contributed by atoms with Gasteiger partial charge in [0.1, 0.15) is 0 Å². The van der Waals surface area contributed by atoms with Crippen LogP contribution >= 0.6 is 0 Å². The number of methoxy groups -OCH3 is 1. The van der Waals surface area contributed by atoms with E-state index in [-0.39, 0.29) is 18.4 Å². The van der Waals surface area contributed by atoms with Crippen LogP contribution in [0.2, 0.25) is 0 Å². The fourth-order valence-electron chi connectivity index (χ4n) is 5.12. The van der Waals surface area contributed by atoms with E-state index in [1.54, 1.807) is 11.0 Å². The topological polar surface area (TPSA) is 85.7 Å². The van der Waals surface area contributed by atoms with E-state index < -0.39 is 34.1 Å². The summed E-state index contributed by atoms with van der Waals surface area (Å²) in [5.41, 5.74) is -2.07. The van der Waals surface area contributed by atoms with E-state index >= 15 is 0 Å². The Labute approximate surface area is 204 Å². The Morgan fingerprint density at radius 3 is 2.43 bits per heavy atom. The molecule has 2 fully saturated rings. The normalized spacial score (nSPS) is 20.1. The summed E-state index contributed by atoms with van der Waals surface area (Å²) in [4.78, 5) is 29.6. The van der Waals surface area contributed by atoms with Gasteiger partial charge in [0.05, 0.1) is 29.7 Å². The first-order valence-corrected chi connectivity index (χ1v) is 11.7. The number of rotatable bonds is 5. The molecule has 2 aliphatic heterocycles. The Bertz CT molecular complexity index is 989. The number of halogens is 3. The molecule has 1 atom stereocenters. The number of likely N-dealkylation sites (tertiary alicyclic amines) is 1. The van der Waals surface area contributed by atoms with Crippen LogP contribution in [-0.4, -0.2) is 63.2 Å². The van der Waals surface area contributed by atoms with Crippen LogP contribution < -0.4 is 10.2 Å². The predicted octanol–water partition coefficient (Wildman–Crippen LogP) is 3.43. The summed E-state index contributed by atoms with van der Waals surface area (Å²) in [6.45, 7) is 7.94. The fourth-order valence-corrected chi connectivity index (χ4v) is 5.12. The molecule has 0 aromatic heterocycles. The molecule has 1 aromatic carbocycles. The summed E-state index contributed by atoms with van der Waals surface area (Å²) in [7, 11) is 1.54. The number of hydrogen-bond donors (Lipinski definition) is 1. The molecular weight excluding hydrogens is 461 g/mol. The third kappa shape index (κ3) is 5.72. The Morgan fingerprint density at radius 1 is 1.23 bits per heavy atom. The number of hydrogen-bond acceptors (Lipinski definition) is 5. The van der Waals surface area contributed by atoms with Gasteiger partial charge in [-0.3, -0.25) is 9.59 Å². The molecule has 2 amide bonds.